The van der Waals surface area contributed by atoms with Gasteiger partial charge in [0.1, 0.15) is 12.7 Å². The number of hydrogen-bond acceptors (Lipinski definition) is 3. The van der Waals surface area contributed by atoms with Crippen molar-refractivity contribution in [3.8, 4) is 5.69 Å². The van der Waals surface area contributed by atoms with Gasteiger partial charge in [0.25, 0.3) is 0 Å². The van der Waals surface area contributed by atoms with Gasteiger partial charge in [-0.15, -0.1) is 10.2 Å². The van der Waals surface area contributed by atoms with Gasteiger partial charge in [0.2, 0.25) is 0 Å². The minimum atomic E-state index is 0.523. The van der Waals surface area contributed by atoms with Gasteiger partial charge in [-0.3, -0.25) is 4.57 Å². The molecule has 1 heterocycles. The van der Waals surface area contributed by atoms with Crippen molar-refractivity contribution in [3.63, 3.8) is 0 Å². The molecule has 0 bridgehead atoms. The van der Waals surface area contributed by atoms with Crippen LogP contribution in [0.4, 0.5) is 0 Å². The first-order valence-corrected chi connectivity index (χ1v) is 4.46. The molecule has 0 radical (unpaired) electrons. The van der Waals surface area contributed by atoms with Crippen molar-refractivity contribution in [3.05, 3.63) is 42.0 Å². The molecule has 0 atom stereocenters. The van der Waals surface area contributed by atoms with E-state index in [0.29, 0.717) is 6.54 Å². The van der Waals surface area contributed by atoms with Crippen LogP contribution in [0, 0.1) is 6.92 Å². The minimum absolute atomic E-state index is 0.523. The number of aryl methyl sites for hydroxylation is 1. The van der Waals surface area contributed by atoms with Gasteiger partial charge in [0.05, 0.1) is 5.69 Å². The highest BCUT2D eigenvalue weighted by atomic mass is 15.2. The van der Waals surface area contributed by atoms with Gasteiger partial charge in [-0.05, 0) is 18.1 Å². The second kappa shape index (κ2) is 3.59. The van der Waals surface area contributed by atoms with Crippen LogP contribution in [0.25, 0.3) is 5.69 Å². The molecule has 1 aromatic carbocycles. The van der Waals surface area contributed by atoms with Crippen molar-refractivity contribution >= 4 is 0 Å². The molecule has 2 aromatic rings. The van der Waals surface area contributed by atoms with Crippen molar-refractivity contribution in [1.29, 1.82) is 0 Å². The standard InChI is InChI=1S/C10H12N4/c1-8-3-2-4-9(5-11)10(8)14-6-12-13-7-14/h2-4,6-7H,5,11H2,1H3. The van der Waals surface area contributed by atoms with Crippen LogP contribution in [-0.2, 0) is 6.54 Å². The second-order valence-electron chi connectivity index (χ2n) is 3.16. The molecule has 0 aliphatic carbocycles. The molecule has 0 amide bonds. The first kappa shape index (κ1) is 8.90. The summed E-state index contributed by atoms with van der Waals surface area (Å²) in [4.78, 5) is 0. The molecule has 4 heteroatoms. The third-order valence-corrected chi connectivity index (χ3v) is 2.22. The van der Waals surface area contributed by atoms with Crippen LogP contribution in [0.15, 0.2) is 30.9 Å². The van der Waals surface area contributed by atoms with Crippen molar-refractivity contribution in [2.45, 2.75) is 13.5 Å². The Morgan fingerprint density at radius 1 is 1.29 bits per heavy atom. The number of hydrogen-bond donors (Lipinski definition) is 1. The van der Waals surface area contributed by atoms with Gasteiger partial charge >= 0.3 is 0 Å². The average Bonchev–Trinajstić information content (AvgIpc) is 2.70. The van der Waals surface area contributed by atoms with Crippen molar-refractivity contribution in [1.82, 2.24) is 14.8 Å². The minimum Gasteiger partial charge on any atom is -0.326 e. The van der Waals surface area contributed by atoms with Gasteiger partial charge in [0, 0.05) is 6.54 Å². The van der Waals surface area contributed by atoms with Crippen LogP contribution >= 0.6 is 0 Å². The zero-order chi connectivity index (χ0) is 9.97. The monoisotopic (exact) mass is 188 g/mol. The molecule has 4 nitrogen and oxygen atoms in total. The van der Waals surface area contributed by atoms with Crippen LogP contribution in [0.1, 0.15) is 11.1 Å². The lowest BCUT2D eigenvalue weighted by Gasteiger charge is -2.10. The molecule has 0 saturated carbocycles. The molecular formula is C10H12N4. The van der Waals surface area contributed by atoms with E-state index < -0.39 is 0 Å². The van der Waals surface area contributed by atoms with Gasteiger partial charge in [-0.1, -0.05) is 18.2 Å². The summed E-state index contributed by atoms with van der Waals surface area (Å²) in [6.45, 7) is 2.57. The van der Waals surface area contributed by atoms with Crippen molar-refractivity contribution in [2.75, 3.05) is 0 Å². The quantitative estimate of drug-likeness (QED) is 0.766. The summed E-state index contributed by atoms with van der Waals surface area (Å²) >= 11 is 0. The van der Waals surface area contributed by atoms with E-state index in [1.54, 1.807) is 12.7 Å². The van der Waals surface area contributed by atoms with Gasteiger partial charge < -0.3 is 5.73 Å². The molecule has 0 aliphatic rings. The normalized spacial score (nSPS) is 10.4. The summed E-state index contributed by atoms with van der Waals surface area (Å²) in [7, 11) is 0. The topological polar surface area (TPSA) is 56.7 Å². The SMILES string of the molecule is Cc1cccc(CN)c1-n1cnnc1. The molecule has 14 heavy (non-hydrogen) atoms. The molecular weight excluding hydrogens is 176 g/mol. The first-order chi connectivity index (χ1) is 6.83. The fraction of sp³-hybridized carbons (Fsp3) is 0.200. The van der Waals surface area contributed by atoms with Gasteiger partial charge in [-0.2, -0.15) is 0 Å². The molecule has 0 unspecified atom stereocenters. The summed E-state index contributed by atoms with van der Waals surface area (Å²) < 4.78 is 1.89. The first-order valence-electron chi connectivity index (χ1n) is 4.46. The van der Waals surface area contributed by atoms with E-state index >= 15 is 0 Å². The van der Waals surface area contributed by atoms with E-state index in [-0.39, 0.29) is 0 Å². The molecule has 2 N–H and O–H groups in total. The highest BCUT2D eigenvalue weighted by Gasteiger charge is 2.05. The third-order valence-electron chi connectivity index (χ3n) is 2.22. The molecule has 0 spiro atoms. The summed E-state index contributed by atoms with van der Waals surface area (Å²) in [6, 6.07) is 6.07. The lowest BCUT2D eigenvalue weighted by Crippen LogP contribution is -2.05. The van der Waals surface area contributed by atoms with E-state index in [2.05, 4.69) is 23.2 Å². The Kier molecular flexibility index (Phi) is 2.28. The fourth-order valence-corrected chi connectivity index (χ4v) is 1.57. The van der Waals surface area contributed by atoms with Crippen LogP contribution in [-0.4, -0.2) is 14.8 Å². The summed E-state index contributed by atoms with van der Waals surface area (Å²) in [6.07, 6.45) is 3.36. The maximum atomic E-state index is 5.67. The lowest BCUT2D eigenvalue weighted by molar-refractivity contribution is 0.969. The lowest BCUT2D eigenvalue weighted by atomic mass is 10.1. The Morgan fingerprint density at radius 2 is 2.00 bits per heavy atom. The molecule has 0 fully saturated rings. The van der Waals surface area contributed by atoms with E-state index in [1.807, 2.05) is 16.7 Å². The Bertz CT molecular complexity index is 420. The molecule has 1 aromatic heterocycles. The number of nitrogens with two attached hydrogens (primary N) is 1. The Hall–Kier alpha value is -1.68. The Labute approximate surface area is 82.4 Å². The van der Waals surface area contributed by atoms with Gasteiger partial charge in [-0.25, -0.2) is 0 Å². The smallest absolute Gasteiger partial charge is 0.123 e. The molecule has 0 saturated heterocycles. The maximum absolute atomic E-state index is 5.67. The van der Waals surface area contributed by atoms with Gasteiger partial charge in [0.15, 0.2) is 0 Å². The molecule has 0 aliphatic heterocycles. The number of aromatic nitrogens is 3. The van der Waals surface area contributed by atoms with E-state index in [0.717, 1.165) is 11.3 Å². The predicted molar refractivity (Wildman–Crippen MR) is 54.0 cm³/mol. The summed E-state index contributed by atoms with van der Waals surface area (Å²) in [5.41, 5.74) is 9.03. The fourth-order valence-electron chi connectivity index (χ4n) is 1.57. The second-order valence-corrected chi connectivity index (χ2v) is 3.16. The average molecular weight is 188 g/mol. The summed E-state index contributed by atoms with van der Waals surface area (Å²) in [5, 5.41) is 7.57. The number of nitrogens with zero attached hydrogens (tertiary/aromatic N) is 3. The number of rotatable bonds is 2. The Balaban J connectivity index is 2.61. The molecule has 72 valence electrons. The number of para-hydroxylation sites is 1. The zero-order valence-corrected chi connectivity index (χ0v) is 8.01. The van der Waals surface area contributed by atoms with Crippen LogP contribution in [0.3, 0.4) is 0 Å². The Morgan fingerprint density at radius 3 is 2.64 bits per heavy atom. The third kappa shape index (κ3) is 1.40. The highest BCUT2D eigenvalue weighted by molar-refractivity contribution is 5.47. The van der Waals surface area contributed by atoms with Crippen LogP contribution in [0.2, 0.25) is 0 Å². The van der Waals surface area contributed by atoms with Crippen LogP contribution in [0.5, 0.6) is 0 Å². The van der Waals surface area contributed by atoms with E-state index in [4.69, 9.17) is 5.73 Å². The highest BCUT2D eigenvalue weighted by Crippen LogP contribution is 2.17. The zero-order valence-electron chi connectivity index (χ0n) is 8.01. The maximum Gasteiger partial charge on any atom is 0.123 e. The van der Waals surface area contributed by atoms with Crippen molar-refractivity contribution < 1.29 is 0 Å². The van der Waals surface area contributed by atoms with E-state index in [9.17, 15) is 0 Å². The number of benzene rings is 1. The van der Waals surface area contributed by atoms with E-state index in [1.165, 1.54) is 5.56 Å². The predicted octanol–water partition coefficient (Wildman–Crippen LogP) is 1.03. The molecule has 2 rings (SSSR count). The van der Waals surface area contributed by atoms with Crippen LogP contribution < -0.4 is 5.73 Å². The summed E-state index contributed by atoms with van der Waals surface area (Å²) in [5.74, 6) is 0. The van der Waals surface area contributed by atoms with Crippen molar-refractivity contribution in [2.24, 2.45) is 5.73 Å². The largest absolute Gasteiger partial charge is 0.326 e.